The molecule has 2 heterocycles. The highest BCUT2D eigenvalue weighted by Gasteiger charge is 2.09. The highest BCUT2D eigenvalue weighted by atomic mass is 16.5. The second-order valence-corrected chi connectivity index (χ2v) is 4.26. The number of benzene rings is 1. The van der Waals surface area contributed by atoms with E-state index in [1.165, 1.54) is 0 Å². The molecule has 0 aliphatic rings. The average molecular weight is 242 g/mol. The third-order valence-corrected chi connectivity index (χ3v) is 3.00. The second kappa shape index (κ2) is 4.18. The van der Waals surface area contributed by atoms with Crippen molar-refractivity contribution in [2.24, 2.45) is 0 Å². The van der Waals surface area contributed by atoms with Gasteiger partial charge in [-0.1, -0.05) is 17.3 Å². The van der Waals surface area contributed by atoms with Crippen LogP contribution in [0.25, 0.3) is 11.0 Å². The van der Waals surface area contributed by atoms with Gasteiger partial charge in [0.15, 0.2) is 0 Å². The second-order valence-electron chi connectivity index (χ2n) is 4.26. The van der Waals surface area contributed by atoms with Crippen LogP contribution in [0.3, 0.4) is 0 Å². The zero-order valence-electron chi connectivity index (χ0n) is 10.3. The van der Waals surface area contributed by atoms with E-state index in [1.807, 2.05) is 38.1 Å². The Morgan fingerprint density at radius 1 is 1.28 bits per heavy atom. The molecule has 3 aromatic rings. The van der Waals surface area contributed by atoms with Crippen molar-refractivity contribution in [1.82, 2.24) is 15.1 Å². The number of imidazole rings is 1. The summed E-state index contributed by atoms with van der Waals surface area (Å²) in [5, 5.41) is 7.18. The molecule has 0 amide bonds. The van der Waals surface area contributed by atoms with Crippen molar-refractivity contribution in [3.8, 4) is 0 Å². The number of hydrogen-bond acceptors (Lipinski definition) is 4. The lowest BCUT2D eigenvalue weighted by atomic mass is 10.2. The molecule has 3 rings (SSSR count). The lowest BCUT2D eigenvalue weighted by molar-refractivity contribution is 0.392. The standard InChI is InChI=1S/C13H14N4O/c1-8-10(9(2)18-17-8)7-14-13-15-11-5-3-4-6-12(11)16-13/h3-6H,7H2,1-2H3,(H2,14,15,16). The summed E-state index contributed by atoms with van der Waals surface area (Å²) in [5.41, 5.74) is 3.98. The summed E-state index contributed by atoms with van der Waals surface area (Å²) in [6.45, 7) is 4.50. The van der Waals surface area contributed by atoms with E-state index < -0.39 is 0 Å². The summed E-state index contributed by atoms with van der Waals surface area (Å²) in [4.78, 5) is 7.68. The van der Waals surface area contributed by atoms with Crippen LogP contribution < -0.4 is 5.32 Å². The molecule has 0 atom stereocenters. The van der Waals surface area contributed by atoms with E-state index in [1.54, 1.807) is 0 Å². The number of anilines is 1. The number of aromatic amines is 1. The number of rotatable bonds is 3. The maximum absolute atomic E-state index is 5.12. The van der Waals surface area contributed by atoms with Crippen molar-refractivity contribution in [2.45, 2.75) is 20.4 Å². The molecule has 92 valence electrons. The van der Waals surface area contributed by atoms with Gasteiger partial charge in [0.25, 0.3) is 0 Å². The fourth-order valence-electron chi connectivity index (χ4n) is 1.96. The van der Waals surface area contributed by atoms with Crippen molar-refractivity contribution in [1.29, 1.82) is 0 Å². The van der Waals surface area contributed by atoms with Crippen LogP contribution in [0.2, 0.25) is 0 Å². The molecule has 2 N–H and O–H groups in total. The van der Waals surface area contributed by atoms with Gasteiger partial charge in [0.1, 0.15) is 5.76 Å². The summed E-state index contributed by atoms with van der Waals surface area (Å²) in [6.07, 6.45) is 0. The molecule has 0 aliphatic heterocycles. The van der Waals surface area contributed by atoms with Gasteiger partial charge in [-0.05, 0) is 26.0 Å². The number of H-pyrrole nitrogens is 1. The third kappa shape index (κ3) is 1.84. The maximum Gasteiger partial charge on any atom is 0.201 e. The molecular formula is C13H14N4O. The number of para-hydroxylation sites is 2. The molecule has 1 aromatic carbocycles. The number of aryl methyl sites for hydroxylation is 2. The van der Waals surface area contributed by atoms with Gasteiger partial charge in [0.2, 0.25) is 5.95 Å². The molecule has 5 heteroatoms. The first-order valence-electron chi connectivity index (χ1n) is 5.84. The summed E-state index contributed by atoms with van der Waals surface area (Å²) in [6, 6.07) is 7.94. The Bertz CT molecular complexity index is 631. The number of nitrogens with zero attached hydrogens (tertiary/aromatic N) is 2. The first-order chi connectivity index (χ1) is 8.74. The SMILES string of the molecule is Cc1noc(C)c1CNc1nc2ccccc2[nH]1. The van der Waals surface area contributed by atoms with Crippen molar-refractivity contribution in [2.75, 3.05) is 5.32 Å². The summed E-state index contributed by atoms with van der Waals surface area (Å²) in [5.74, 6) is 1.60. The molecule has 0 bridgehead atoms. The van der Waals surface area contributed by atoms with E-state index in [4.69, 9.17) is 4.52 Å². The number of fused-ring (bicyclic) bond motifs is 1. The average Bonchev–Trinajstić information content (AvgIpc) is 2.91. The summed E-state index contributed by atoms with van der Waals surface area (Å²) >= 11 is 0. The van der Waals surface area contributed by atoms with E-state index in [9.17, 15) is 0 Å². The van der Waals surface area contributed by atoms with E-state index in [0.29, 0.717) is 6.54 Å². The van der Waals surface area contributed by atoms with E-state index >= 15 is 0 Å². The van der Waals surface area contributed by atoms with Gasteiger partial charge in [-0.2, -0.15) is 0 Å². The highest BCUT2D eigenvalue weighted by Crippen LogP contribution is 2.16. The van der Waals surface area contributed by atoms with Crippen LogP contribution in [0.4, 0.5) is 5.95 Å². The molecule has 0 aliphatic carbocycles. The molecule has 18 heavy (non-hydrogen) atoms. The molecule has 5 nitrogen and oxygen atoms in total. The van der Waals surface area contributed by atoms with Gasteiger partial charge >= 0.3 is 0 Å². The van der Waals surface area contributed by atoms with Crippen LogP contribution in [0, 0.1) is 13.8 Å². The van der Waals surface area contributed by atoms with Gasteiger partial charge in [-0.3, -0.25) is 0 Å². The van der Waals surface area contributed by atoms with Gasteiger partial charge in [0, 0.05) is 12.1 Å². The van der Waals surface area contributed by atoms with Crippen LogP contribution in [0.15, 0.2) is 28.8 Å². The molecule has 0 fully saturated rings. The van der Waals surface area contributed by atoms with Gasteiger partial charge in [0.05, 0.1) is 16.7 Å². The fraction of sp³-hybridized carbons (Fsp3) is 0.231. The van der Waals surface area contributed by atoms with Crippen LogP contribution in [0.5, 0.6) is 0 Å². The topological polar surface area (TPSA) is 66.7 Å². The molecule has 0 saturated heterocycles. The van der Waals surface area contributed by atoms with Gasteiger partial charge in [-0.15, -0.1) is 0 Å². The largest absolute Gasteiger partial charge is 0.361 e. The first-order valence-corrected chi connectivity index (χ1v) is 5.84. The lowest BCUT2D eigenvalue weighted by Crippen LogP contribution is -2.02. The molecule has 0 unspecified atom stereocenters. The summed E-state index contributed by atoms with van der Waals surface area (Å²) in [7, 11) is 0. The maximum atomic E-state index is 5.12. The molecule has 0 spiro atoms. The Labute approximate surface area is 104 Å². The van der Waals surface area contributed by atoms with Gasteiger partial charge in [-0.25, -0.2) is 4.98 Å². The number of hydrogen-bond donors (Lipinski definition) is 2. The van der Waals surface area contributed by atoms with Crippen molar-refractivity contribution >= 4 is 17.0 Å². The van der Waals surface area contributed by atoms with Crippen LogP contribution >= 0.6 is 0 Å². The monoisotopic (exact) mass is 242 g/mol. The molecular weight excluding hydrogens is 228 g/mol. The Hall–Kier alpha value is -2.30. The van der Waals surface area contributed by atoms with E-state index in [2.05, 4.69) is 20.4 Å². The normalized spacial score (nSPS) is 11.0. The minimum Gasteiger partial charge on any atom is -0.361 e. The third-order valence-electron chi connectivity index (χ3n) is 3.00. The molecule has 0 saturated carbocycles. The minimum atomic E-state index is 0.654. The predicted molar refractivity (Wildman–Crippen MR) is 69.4 cm³/mol. The Morgan fingerprint density at radius 3 is 2.83 bits per heavy atom. The van der Waals surface area contributed by atoms with Crippen LogP contribution in [-0.2, 0) is 6.54 Å². The highest BCUT2D eigenvalue weighted by molar-refractivity contribution is 5.77. The van der Waals surface area contributed by atoms with Crippen molar-refractivity contribution < 1.29 is 4.52 Å². The zero-order chi connectivity index (χ0) is 12.5. The smallest absolute Gasteiger partial charge is 0.201 e. The number of aromatic nitrogens is 3. The Kier molecular flexibility index (Phi) is 2.51. The lowest BCUT2D eigenvalue weighted by Gasteiger charge is -2.01. The quantitative estimate of drug-likeness (QED) is 0.741. The van der Waals surface area contributed by atoms with Gasteiger partial charge < -0.3 is 14.8 Å². The van der Waals surface area contributed by atoms with Crippen LogP contribution in [0.1, 0.15) is 17.0 Å². The Balaban J connectivity index is 1.81. The van der Waals surface area contributed by atoms with Crippen molar-refractivity contribution in [3.63, 3.8) is 0 Å². The number of nitrogens with one attached hydrogen (secondary N) is 2. The van der Waals surface area contributed by atoms with E-state index in [0.717, 1.165) is 34.0 Å². The van der Waals surface area contributed by atoms with Crippen molar-refractivity contribution in [3.05, 3.63) is 41.3 Å². The van der Waals surface area contributed by atoms with Crippen LogP contribution in [-0.4, -0.2) is 15.1 Å². The predicted octanol–water partition coefficient (Wildman–Crippen LogP) is 2.78. The molecule has 2 aromatic heterocycles. The first kappa shape index (κ1) is 10.8. The molecule has 0 radical (unpaired) electrons. The summed E-state index contributed by atoms with van der Waals surface area (Å²) < 4.78 is 5.12. The fourth-order valence-corrected chi connectivity index (χ4v) is 1.96. The zero-order valence-corrected chi connectivity index (χ0v) is 10.3. The Morgan fingerprint density at radius 2 is 2.11 bits per heavy atom. The van der Waals surface area contributed by atoms with E-state index in [-0.39, 0.29) is 0 Å². The minimum absolute atomic E-state index is 0.654.